The molecule has 0 saturated carbocycles. The summed E-state index contributed by atoms with van der Waals surface area (Å²) < 4.78 is 0. The van der Waals surface area contributed by atoms with E-state index in [2.05, 4.69) is 10.6 Å². The van der Waals surface area contributed by atoms with Crippen LogP contribution in [-0.2, 0) is 4.79 Å². The zero-order chi connectivity index (χ0) is 11.3. The van der Waals surface area contributed by atoms with Crippen LogP contribution in [0, 0.1) is 0 Å². The van der Waals surface area contributed by atoms with Crippen molar-refractivity contribution in [1.29, 1.82) is 0 Å². The third kappa shape index (κ3) is 4.42. The summed E-state index contributed by atoms with van der Waals surface area (Å²) in [5.41, 5.74) is 0. The van der Waals surface area contributed by atoms with Crippen molar-refractivity contribution in [1.82, 2.24) is 10.6 Å². The molecular weight excluding hydrogens is 216 g/mol. The van der Waals surface area contributed by atoms with Gasteiger partial charge in [-0.25, -0.2) is 4.79 Å². The zero-order valence-electron chi connectivity index (χ0n) is 8.66. The van der Waals surface area contributed by atoms with Gasteiger partial charge < -0.3 is 15.7 Å². The van der Waals surface area contributed by atoms with E-state index in [0.717, 1.165) is 24.3 Å². The largest absolute Gasteiger partial charge is 0.480 e. The summed E-state index contributed by atoms with van der Waals surface area (Å²) in [7, 11) is 0. The van der Waals surface area contributed by atoms with Crippen LogP contribution in [0.2, 0.25) is 0 Å². The highest BCUT2D eigenvalue weighted by molar-refractivity contribution is 7.99. The predicted molar refractivity (Wildman–Crippen MR) is 59.1 cm³/mol. The van der Waals surface area contributed by atoms with Gasteiger partial charge in [0.1, 0.15) is 6.04 Å². The average Bonchev–Trinajstić information content (AvgIpc) is 2.18. The fourth-order valence-corrected chi connectivity index (χ4v) is 2.43. The van der Waals surface area contributed by atoms with Crippen LogP contribution in [0.4, 0.5) is 4.79 Å². The Bertz CT molecular complexity index is 242. The van der Waals surface area contributed by atoms with Crippen LogP contribution in [0.5, 0.6) is 0 Å². The first-order valence-electron chi connectivity index (χ1n) is 4.97. The lowest BCUT2D eigenvalue weighted by Gasteiger charge is -2.23. The van der Waals surface area contributed by atoms with E-state index in [9.17, 15) is 9.59 Å². The van der Waals surface area contributed by atoms with E-state index in [0.29, 0.717) is 0 Å². The molecule has 1 fully saturated rings. The molecule has 1 saturated heterocycles. The van der Waals surface area contributed by atoms with Crippen LogP contribution in [0.1, 0.15) is 19.8 Å². The van der Waals surface area contributed by atoms with Crippen LogP contribution in [0.25, 0.3) is 0 Å². The van der Waals surface area contributed by atoms with Crippen molar-refractivity contribution in [3.05, 3.63) is 0 Å². The predicted octanol–water partition coefficient (Wildman–Crippen LogP) is 0.654. The number of carbonyl (C=O) groups excluding carboxylic acids is 1. The van der Waals surface area contributed by atoms with Gasteiger partial charge in [-0.2, -0.15) is 11.8 Å². The molecule has 86 valence electrons. The number of amides is 2. The van der Waals surface area contributed by atoms with Gasteiger partial charge in [0.05, 0.1) is 0 Å². The van der Waals surface area contributed by atoms with E-state index in [4.69, 9.17) is 5.11 Å². The molecule has 6 heteroatoms. The summed E-state index contributed by atoms with van der Waals surface area (Å²) in [5, 5.41) is 13.7. The highest BCUT2D eigenvalue weighted by atomic mass is 32.2. The van der Waals surface area contributed by atoms with Gasteiger partial charge in [-0.1, -0.05) is 0 Å². The number of nitrogens with one attached hydrogen (secondary N) is 2. The number of aliphatic carboxylic acids is 1. The molecule has 1 atom stereocenters. The Labute approximate surface area is 93.0 Å². The maximum Gasteiger partial charge on any atom is 0.325 e. The molecule has 0 aromatic rings. The van der Waals surface area contributed by atoms with E-state index in [-0.39, 0.29) is 12.1 Å². The summed E-state index contributed by atoms with van der Waals surface area (Å²) in [6, 6.07) is -1.04. The standard InChI is InChI=1S/C9H16N2O3S/c1-6(8(12)13)10-9(14)11-7-2-4-15-5-3-7/h6-7H,2-5H2,1H3,(H,12,13)(H2,10,11,14). The van der Waals surface area contributed by atoms with Crippen molar-refractivity contribution < 1.29 is 14.7 Å². The maximum absolute atomic E-state index is 11.3. The Kier molecular flexibility index (Phi) is 4.74. The lowest BCUT2D eigenvalue weighted by molar-refractivity contribution is -0.138. The molecule has 0 spiro atoms. The molecule has 0 aromatic carbocycles. The van der Waals surface area contributed by atoms with Crippen molar-refractivity contribution in [3.63, 3.8) is 0 Å². The molecular formula is C9H16N2O3S. The first-order chi connectivity index (χ1) is 7.09. The molecule has 0 bridgehead atoms. The van der Waals surface area contributed by atoms with Gasteiger partial charge in [-0.15, -0.1) is 0 Å². The normalized spacial score (nSPS) is 19.3. The molecule has 1 unspecified atom stereocenters. The van der Waals surface area contributed by atoms with Gasteiger partial charge in [0.2, 0.25) is 0 Å². The van der Waals surface area contributed by atoms with E-state index in [1.807, 2.05) is 11.8 Å². The van der Waals surface area contributed by atoms with Gasteiger partial charge in [0.25, 0.3) is 0 Å². The van der Waals surface area contributed by atoms with E-state index in [1.54, 1.807) is 0 Å². The molecule has 15 heavy (non-hydrogen) atoms. The van der Waals surface area contributed by atoms with Crippen LogP contribution >= 0.6 is 11.8 Å². The van der Waals surface area contributed by atoms with Crippen molar-refractivity contribution in [2.75, 3.05) is 11.5 Å². The van der Waals surface area contributed by atoms with E-state index >= 15 is 0 Å². The lowest BCUT2D eigenvalue weighted by atomic mass is 10.2. The first-order valence-corrected chi connectivity index (χ1v) is 6.12. The summed E-state index contributed by atoms with van der Waals surface area (Å²) in [6.07, 6.45) is 1.92. The Balaban J connectivity index is 2.25. The minimum Gasteiger partial charge on any atom is -0.480 e. The number of thioether (sulfide) groups is 1. The van der Waals surface area contributed by atoms with Crippen molar-refractivity contribution >= 4 is 23.8 Å². The van der Waals surface area contributed by atoms with Gasteiger partial charge >= 0.3 is 12.0 Å². The van der Waals surface area contributed by atoms with Crippen LogP contribution in [0.3, 0.4) is 0 Å². The molecule has 1 heterocycles. The number of carbonyl (C=O) groups is 2. The summed E-state index contributed by atoms with van der Waals surface area (Å²) >= 11 is 1.88. The first kappa shape index (κ1) is 12.2. The SMILES string of the molecule is CC(NC(=O)NC1CCSCC1)C(=O)O. The number of hydrogen-bond donors (Lipinski definition) is 3. The summed E-state index contributed by atoms with van der Waals surface area (Å²) in [4.78, 5) is 21.8. The molecule has 1 aliphatic rings. The fourth-order valence-electron chi connectivity index (χ4n) is 1.33. The Hall–Kier alpha value is -0.910. The number of hydrogen-bond acceptors (Lipinski definition) is 3. The summed E-state index contributed by atoms with van der Waals surface area (Å²) in [5.74, 6) is 1.09. The Morgan fingerprint density at radius 3 is 2.53 bits per heavy atom. The topological polar surface area (TPSA) is 78.4 Å². The second-order valence-corrected chi connectivity index (χ2v) is 4.79. The monoisotopic (exact) mass is 232 g/mol. The fraction of sp³-hybridized carbons (Fsp3) is 0.778. The average molecular weight is 232 g/mol. The van der Waals surface area contributed by atoms with Gasteiger partial charge in [0.15, 0.2) is 0 Å². The van der Waals surface area contributed by atoms with Crippen LogP contribution in [-0.4, -0.2) is 40.7 Å². The van der Waals surface area contributed by atoms with Crippen molar-refractivity contribution in [2.24, 2.45) is 0 Å². The maximum atomic E-state index is 11.3. The minimum atomic E-state index is -1.02. The van der Waals surface area contributed by atoms with Crippen LogP contribution in [0.15, 0.2) is 0 Å². The van der Waals surface area contributed by atoms with Gasteiger partial charge in [0, 0.05) is 6.04 Å². The van der Waals surface area contributed by atoms with E-state index in [1.165, 1.54) is 6.92 Å². The lowest BCUT2D eigenvalue weighted by Crippen LogP contribution is -2.48. The van der Waals surface area contributed by atoms with E-state index < -0.39 is 12.0 Å². The number of urea groups is 1. The molecule has 1 rings (SSSR count). The highest BCUT2D eigenvalue weighted by Gasteiger charge is 2.18. The molecule has 0 radical (unpaired) electrons. The number of carboxylic acid groups (broad SMARTS) is 1. The number of carboxylic acids is 1. The highest BCUT2D eigenvalue weighted by Crippen LogP contribution is 2.16. The van der Waals surface area contributed by atoms with Crippen LogP contribution < -0.4 is 10.6 Å². The minimum absolute atomic E-state index is 0.187. The zero-order valence-corrected chi connectivity index (χ0v) is 9.47. The smallest absolute Gasteiger partial charge is 0.325 e. The second-order valence-electron chi connectivity index (χ2n) is 3.56. The van der Waals surface area contributed by atoms with Gasteiger partial charge in [-0.3, -0.25) is 4.79 Å². The molecule has 1 aliphatic heterocycles. The molecule has 2 amide bonds. The molecule has 3 N–H and O–H groups in total. The molecule has 0 aromatic heterocycles. The number of rotatable bonds is 3. The molecule has 0 aliphatic carbocycles. The molecule has 5 nitrogen and oxygen atoms in total. The van der Waals surface area contributed by atoms with Crippen molar-refractivity contribution in [3.8, 4) is 0 Å². The Morgan fingerprint density at radius 2 is 2.00 bits per heavy atom. The van der Waals surface area contributed by atoms with Crippen molar-refractivity contribution in [2.45, 2.75) is 31.8 Å². The van der Waals surface area contributed by atoms with Gasteiger partial charge in [-0.05, 0) is 31.3 Å². The second kappa shape index (κ2) is 5.85. The summed E-state index contributed by atoms with van der Waals surface area (Å²) in [6.45, 7) is 1.44. The quantitative estimate of drug-likeness (QED) is 0.667. The Morgan fingerprint density at radius 1 is 1.40 bits per heavy atom. The third-order valence-electron chi connectivity index (χ3n) is 2.27. The third-order valence-corrected chi connectivity index (χ3v) is 3.32.